The van der Waals surface area contributed by atoms with E-state index in [2.05, 4.69) is 4.99 Å². The van der Waals surface area contributed by atoms with Crippen LogP contribution in [0.1, 0.15) is 5.56 Å². The molecule has 4 nitrogen and oxygen atoms in total. The van der Waals surface area contributed by atoms with Gasteiger partial charge in [0.15, 0.2) is 0 Å². The van der Waals surface area contributed by atoms with Crippen LogP contribution in [0.15, 0.2) is 40.9 Å². The van der Waals surface area contributed by atoms with E-state index in [9.17, 15) is 8.42 Å². The first-order valence-electron chi connectivity index (χ1n) is 4.32. The number of hydrogen-bond donors (Lipinski definition) is 0. The van der Waals surface area contributed by atoms with E-state index in [1.54, 1.807) is 12.1 Å². The lowest BCUT2D eigenvalue weighted by molar-refractivity contribution is 0.546. The molecule has 0 fully saturated rings. The zero-order chi connectivity index (χ0) is 10.9. The van der Waals surface area contributed by atoms with Gasteiger partial charge in [-0.3, -0.25) is 0 Å². The van der Waals surface area contributed by atoms with Crippen LogP contribution in [0, 0.1) is 6.92 Å². The Balaban J connectivity index is 2.29. The van der Waals surface area contributed by atoms with E-state index < -0.39 is 9.84 Å². The lowest BCUT2D eigenvalue weighted by Crippen LogP contribution is -2.16. The normalized spacial score (nSPS) is 17.5. The van der Waals surface area contributed by atoms with Gasteiger partial charge in [-0.1, -0.05) is 18.2 Å². The van der Waals surface area contributed by atoms with E-state index in [4.69, 9.17) is 4.74 Å². The molecule has 1 aromatic rings. The van der Waals surface area contributed by atoms with Gasteiger partial charge in [-0.05, 0) is 18.6 Å². The summed E-state index contributed by atoms with van der Waals surface area (Å²) in [5.74, 6) is 0.503. The molecule has 15 heavy (non-hydrogen) atoms. The number of hydrogen-bond acceptors (Lipinski definition) is 4. The van der Waals surface area contributed by atoms with Gasteiger partial charge >= 0.3 is 5.23 Å². The molecule has 0 aromatic heterocycles. The van der Waals surface area contributed by atoms with Crippen molar-refractivity contribution in [3.05, 3.63) is 41.4 Å². The average Bonchev–Trinajstić information content (AvgIpc) is 2.50. The van der Waals surface area contributed by atoms with Gasteiger partial charge in [-0.25, -0.2) is 13.4 Å². The Labute approximate surface area is 87.8 Å². The second kappa shape index (κ2) is 3.51. The summed E-state index contributed by atoms with van der Waals surface area (Å²) in [6, 6.07) is 7.17. The third-order valence-corrected chi connectivity index (χ3v) is 3.11. The summed E-state index contributed by atoms with van der Waals surface area (Å²) in [4.78, 5) is 3.65. The standard InChI is InChI=1S/C10H9NO3S/c1-8-4-2-3-5-9(8)14-10-11-6-7-15(10,12)13/h2-7H,1H3. The summed E-state index contributed by atoms with van der Waals surface area (Å²) in [6.45, 7) is 1.84. The molecule has 0 saturated carbocycles. The number of rotatable bonds is 1. The minimum Gasteiger partial charge on any atom is -0.430 e. The van der Waals surface area contributed by atoms with E-state index >= 15 is 0 Å². The molecule has 0 aliphatic carbocycles. The van der Waals surface area contributed by atoms with Crippen LogP contribution in [0.2, 0.25) is 0 Å². The monoisotopic (exact) mass is 223 g/mol. The molecular formula is C10H9NO3S. The van der Waals surface area contributed by atoms with Crippen LogP contribution >= 0.6 is 0 Å². The summed E-state index contributed by atoms with van der Waals surface area (Å²) in [5, 5.41) is 0.748. The molecule has 0 saturated heterocycles. The van der Waals surface area contributed by atoms with Gasteiger partial charge in [-0.15, -0.1) is 0 Å². The van der Waals surface area contributed by atoms with Crippen molar-refractivity contribution in [2.24, 2.45) is 4.99 Å². The van der Waals surface area contributed by atoms with Crippen molar-refractivity contribution >= 4 is 15.1 Å². The fraction of sp³-hybridized carbons (Fsp3) is 0.100. The number of ether oxygens (including phenoxy) is 1. The second-order valence-electron chi connectivity index (χ2n) is 3.09. The molecule has 2 rings (SSSR count). The van der Waals surface area contributed by atoms with Crippen LogP contribution in [0.4, 0.5) is 0 Å². The highest BCUT2D eigenvalue weighted by molar-refractivity contribution is 8.08. The molecule has 78 valence electrons. The Hall–Kier alpha value is -1.62. The first-order chi connectivity index (χ1) is 7.09. The Bertz CT molecular complexity index is 544. The lowest BCUT2D eigenvalue weighted by Gasteiger charge is -2.06. The van der Waals surface area contributed by atoms with Crippen molar-refractivity contribution < 1.29 is 13.2 Å². The van der Waals surface area contributed by atoms with Gasteiger partial charge in [0.2, 0.25) is 0 Å². The number of sulfone groups is 1. The second-order valence-corrected chi connectivity index (χ2v) is 4.80. The molecule has 0 spiro atoms. The summed E-state index contributed by atoms with van der Waals surface area (Å²) >= 11 is 0. The Kier molecular flexibility index (Phi) is 2.32. The summed E-state index contributed by atoms with van der Waals surface area (Å²) < 4.78 is 27.9. The molecule has 0 N–H and O–H groups in total. The predicted molar refractivity (Wildman–Crippen MR) is 57.3 cm³/mol. The van der Waals surface area contributed by atoms with E-state index in [-0.39, 0.29) is 5.23 Å². The average molecular weight is 223 g/mol. The Morgan fingerprint density at radius 2 is 2.00 bits per heavy atom. The maximum atomic E-state index is 11.3. The Morgan fingerprint density at radius 1 is 1.27 bits per heavy atom. The fourth-order valence-electron chi connectivity index (χ4n) is 1.15. The van der Waals surface area contributed by atoms with Gasteiger partial charge in [0, 0.05) is 6.20 Å². The van der Waals surface area contributed by atoms with Gasteiger partial charge in [0.05, 0.1) is 5.41 Å². The third kappa shape index (κ3) is 1.92. The molecule has 0 unspecified atom stereocenters. The number of nitrogens with zero attached hydrogens (tertiary/aromatic N) is 1. The van der Waals surface area contributed by atoms with Gasteiger partial charge in [0.25, 0.3) is 9.84 Å². The molecule has 1 aliphatic heterocycles. The fourth-order valence-corrected chi connectivity index (χ4v) is 1.90. The summed E-state index contributed by atoms with van der Waals surface area (Å²) in [5.41, 5.74) is 0.863. The van der Waals surface area contributed by atoms with Crippen LogP contribution in [0.25, 0.3) is 0 Å². The maximum absolute atomic E-state index is 11.3. The van der Waals surface area contributed by atoms with Crippen LogP contribution in [-0.4, -0.2) is 13.6 Å². The lowest BCUT2D eigenvalue weighted by atomic mass is 10.2. The smallest absolute Gasteiger partial charge is 0.319 e. The number of aliphatic imine (C=N–C) groups is 1. The minimum atomic E-state index is -3.45. The molecule has 0 amide bonds. The van der Waals surface area contributed by atoms with Crippen molar-refractivity contribution in [1.82, 2.24) is 0 Å². The highest BCUT2D eigenvalue weighted by Crippen LogP contribution is 2.19. The van der Waals surface area contributed by atoms with Gasteiger partial charge < -0.3 is 4.74 Å². The molecule has 0 atom stereocenters. The van der Waals surface area contributed by atoms with E-state index in [0.29, 0.717) is 5.75 Å². The maximum Gasteiger partial charge on any atom is 0.319 e. The van der Waals surface area contributed by atoms with Crippen molar-refractivity contribution in [3.63, 3.8) is 0 Å². The largest absolute Gasteiger partial charge is 0.430 e. The summed E-state index contributed by atoms with van der Waals surface area (Å²) in [6.07, 6.45) is 1.21. The van der Waals surface area contributed by atoms with Crippen LogP contribution in [0.3, 0.4) is 0 Å². The van der Waals surface area contributed by atoms with E-state index in [1.807, 2.05) is 19.1 Å². The highest BCUT2D eigenvalue weighted by Gasteiger charge is 2.23. The minimum absolute atomic E-state index is 0.267. The quantitative estimate of drug-likeness (QED) is 0.727. The van der Waals surface area contributed by atoms with E-state index in [0.717, 1.165) is 11.0 Å². The zero-order valence-corrected chi connectivity index (χ0v) is 8.86. The van der Waals surface area contributed by atoms with Gasteiger partial charge in [0.1, 0.15) is 5.75 Å². The van der Waals surface area contributed by atoms with Crippen LogP contribution in [0.5, 0.6) is 5.75 Å². The number of para-hydroxylation sites is 1. The highest BCUT2D eigenvalue weighted by atomic mass is 32.2. The molecule has 1 heterocycles. The van der Waals surface area contributed by atoms with E-state index in [1.165, 1.54) is 6.20 Å². The molecule has 1 aliphatic rings. The van der Waals surface area contributed by atoms with Crippen LogP contribution < -0.4 is 4.74 Å². The topological polar surface area (TPSA) is 55.7 Å². The zero-order valence-electron chi connectivity index (χ0n) is 8.04. The first-order valence-corrected chi connectivity index (χ1v) is 5.87. The number of aryl methyl sites for hydroxylation is 1. The predicted octanol–water partition coefficient (Wildman–Crippen LogP) is 1.63. The van der Waals surface area contributed by atoms with Crippen molar-refractivity contribution in [2.75, 3.05) is 0 Å². The molecule has 0 radical (unpaired) electrons. The molecular weight excluding hydrogens is 214 g/mol. The van der Waals surface area contributed by atoms with Crippen molar-refractivity contribution in [3.8, 4) is 5.75 Å². The molecule has 1 aromatic carbocycles. The number of benzene rings is 1. The first kappa shape index (κ1) is 9.92. The summed E-state index contributed by atoms with van der Waals surface area (Å²) in [7, 11) is -3.45. The van der Waals surface area contributed by atoms with Crippen LogP contribution in [-0.2, 0) is 9.84 Å². The third-order valence-electron chi connectivity index (χ3n) is 1.95. The molecule has 5 heteroatoms. The van der Waals surface area contributed by atoms with Crippen molar-refractivity contribution in [2.45, 2.75) is 6.92 Å². The van der Waals surface area contributed by atoms with Crippen molar-refractivity contribution in [1.29, 1.82) is 0 Å². The molecule has 0 bridgehead atoms. The Morgan fingerprint density at radius 3 is 2.60 bits per heavy atom. The van der Waals surface area contributed by atoms with Gasteiger partial charge in [-0.2, -0.15) is 0 Å². The SMILES string of the molecule is Cc1ccccc1OC1=NC=CS1(=O)=O.